The van der Waals surface area contributed by atoms with Gasteiger partial charge >= 0.3 is 5.97 Å². The lowest BCUT2D eigenvalue weighted by Gasteiger charge is -2.16. The highest BCUT2D eigenvalue weighted by atomic mass is 16.6. The molecule has 0 bridgehead atoms. The number of amides is 1. The fourth-order valence-corrected chi connectivity index (χ4v) is 2.20. The summed E-state index contributed by atoms with van der Waals surface area (Å²) in [7, 11) is 4.34. The number of methoxy groups -OCH3 is 3. The van der Waals surface area contributed by atoms with Gasteiger partial charge in [-0.2, -0.15) is 0 Å². The van der Waals surface area contributed by atoms with Crippen molar-refractivity contribution in [2.75, 3.05) is 21.3 Å². The van der Waals surface area contributed by atoms with Gasteiger partial charge in [-0.1, -0.05) is 0 Å². The maximum atomic E-state index is 12.4. The molecule has 1 heterocycles. The lowest BCUT2D eigenvalue weighted by molar-refractivity contribution is -0.129. The Morgan fingerprint density at radius 3 is 2.31 bits per heavy atom. The summed E-state index contributed by atoms with van der Waals surface area (Å²) in [6, 6.07) is 6.39. The Morgan fingerprint density at radius 1 is 1.08 bits per heavy atom. The number of hydrogen-bond acceptors (Lipinski definition) is 7. The van der Waals surface area contributed by atoms with Crippen molar-refractivity contribution < 1.29 is 33.0 Å². The van der Waals surface area contributed by atoms with E-state index >= 15 is 0 Å². The van der Waals surface area contributed by atoms with Crippen LogP contribution in [0.2, 0.25) is 0 Å². The molecule has 140 valence electrons. The Hall–Kier alpha value is -3.16. The summed E-state index contributed by atoms with van der Waals surface area (Å²) in [6.45, 7) is 1.68. The van der Waals surface area contributed by atoms with Crippen molar-refractivity contribution in [1.82, 2.24) is 5.32 Å². The molecular formula is C18H21NO7. The number of carbonyl (C=O) groups is 2. The van der Waals surface area contributed by atoms with E-state index in [1.54, 1.807) is 12.1 Å². The van der Waals surface area contributed by atoms with Crippen LogP contribution in [0.1, 0.15) is 23.0 Å². The number of hydrogen-bond donors (Lipinski definition) is 1. The molecule has 8 heteroatoms. The second-order valence-corrected chi connectivity index (χ2v) is 5.25. The van der Waals surface area contributed by atoms with Crippen LogP contribution in [-0.4, -0.2) is 39.3 Å². The molecule has 0 spiro atoms. The van der Waals surface area contributed by atoms with Crippen LogP contribution >= 0.6 is 0 Å². The van der Waals surface area contributed by atoms with Crippen molar-refractivity contribution in [3.63, 3.8) is 0 Å². The molecule has 1 aromatic carbocycles. The standard InChI is InChI=1S/C18H21NO7/c1-11(17(20)19-10-12-6-5-7-25-12)26-18(21)13-8-15(23-3)16(24-4)9-14(13)22-2/h5-9,11H,10H2,1-4H3,(H,19,20)/t11-/m0/s1. The van der Waals surface area contributed by atoms with E-state index in [1.165, 1.54) is 46.6 Å². The molecule has 2 rings (SSSR count). The largest absolute Gasteiger partial charge is 0.496 e. The third-order valence-electron chi connectivity index (χ3n) is 3.60. The summed E-state index contributed by atoms with van der Waals surface area (Å²) in [5.74, 6) is 0.423. The fraction of sp³-hybridized carbons (Fsp3) is 0.333. The molecule has 1 atom stereocenters. The molecule has 1 amide bonds. The number of benzene rings is 1. The molecule has 1 aromatic heterocycles. The summed E-state index contributed by atoms with van der Waals surface area (Å²) in [5, 5.41) is 2.63. The van der Waals surface area contributed by atoms with Crippen molar-refractivity contribution in [3.05, 3.63) is 41.9 Å². The SMILES string of the molecule is COc1cc(OC)c(C(=O)O[C@@H](C)C(=O)NCc2ccco2)cc1OC. The normalized spacial score (nSPS) is 11.4. The van der Waals surface area contributed by atoms with Crippen LogP contribution in [0.4, 0.5) is 0 Å². The van der Waals surface area contributed by atoms with Gasteiger partial charge in [0.25, 0.3) is 5.91 Å². The Bertz CT molecular complexity index is 755. The van der Waals surface area contributed by atoms with Gasteiger partial charge in [0, 0.05) is 12.1 Å². The number of carbonyl (C=O) groups excluding carboxylic acids is 2. The third kappa shape index (κ3) is 4.47. The van der Waals surface area contributed by atoms with Crippen LogP contribution in [0.3, 0.4) is 0 Å². The molecule has 0 fully saturated rings. The first-order valence-electron chi connectivity index (χ1n) is 7.81. The second-order valence-electron chi connectivity index (χ2n) is 5.25. The Balaban J connectivity index is 2.06. The van der Waals surface area contributed by atoms with Gasteiger partial charge in [0.2, 0.25) is 0 Å². The summed E-state index contributed by atoms with van der Waals surface area (Å²) in [4.78, 5) is 24.5. The average Bonchev–Trinajstić information content (AvgIpc) is 3.18. The van der Waals surface area contributed by atoms with Crippen LogP contribution in [0, 0.1) is 0 Å². The molecule has 2 aromatic rings. The Kier molecular flexibility index (Phi) is 6.48. The highest BCUT2D eigenvalue weighted by Crippen LogP contribution is 2.35. The van der Waals surface area contributed by atoms with Crippen molar-refractivity contribution in [2.24, 2.45) is 0 Å². The molecule has 0 saturated carbocycles. The topological polar surface area (TPSA) is 96.2 Å². The van der Waals surface area contributed by atoms with E-state index in [4.69, 9.17) is 23.4 Å². The van der Waals surface area contributed by atoms with E-state index in [0.717, 1.165) is 0 Å². The summed E-state index contributed by atoms with van der Waals surface area (Å²) < 4.78 is 25.9. The van der Waals surface area contributed by atoms with Crippen molar-refractivity contribution in [2.45, 2.75) is 19.6 Å². The first-order valence-corrected chi connectivity index (χ1v) is 7.81. The van der Waals surface area contributed by atoms with Gasteiger partial charge in [-0.25, -0.2) is 4.79 Å². The third-order valence-corrected chi connectivity index (χ3v) is 3.60. The summed E-state index contributed by atoms with van der Waals surface area (Å²) in [6.07, 6.45) is 0.504. The Morgan fingerprint density at radius 2 is 1.73 bits per heavy atom. The first-order chi connectivity index (χ1) is 12.5. The molecule has 0 aliphatic heterocycles. The second kappa shape index (κ2) is 8.80. The monoisotopic (exact) mass is 363 g/mol. The predicted molar refractivity (Wildman–Crippen MR) is 91.5 cm³/mol. The van der Waals surface area contributed by atoms with Crippen molar-refractivity contribution in [1.29, 1.82) is 0 Å². The zero-order valence-electron chi connectivity index (χ0n) is 15.0. The first kappa shape index (κ1) is 19.2. The van der Waals surface area contributed by atoms with E-state index in [9.17, 15) is 9.59 Å². The highest BCUT2D eigenvalue weighted by Gasteiger charge is 2.23. The Labute approximate surface area is 151 Å². The number of furan rings is 1. The maximum absolute atomic E-state index is 12.4. The minimum absolute atomic E-state index is 0.121. The number of esters is 1. The van der Waals surface area contributed by atoms with Gasteiger partial charge in [-0.05, 0) is 19.1 Å². The van der Waals surface area contributed by atoms with E-state index in [2.05, 4.69) is 5.32 Å². The molecular weight excluding hydrogens is 342 g/mol. The van der Waals surface area contributed by atoms with Gasteiger partial charge < -0.3 is 28.7 Å². The average molecular weight is 363 g/mol. The minimum atomic E-state index is -1.00. The number of ether oxygens (including phenoxy) is 4. The molecule has 0 unspecified atom stereocenters. The molecule has 1 N–H and O–H groups in total. The van der Waals surface area contributed by atoms with Crippen molar-refractivity contribution >= 4 is 11.9 Å². The quantitative estimate of drug-likeness (QED) is 0.718. The number of nitrogens with one attached hydrogen (secondary N) is 1. The smallest absolute Gasteiger partial charge is 0.342 e. The van der Waals surface area contributed by atoms with E-state index < -0.39 is 18.0 Å². The molecule has 0 aliphatic rings. The summed E-state index contributed by atoms with van der Waals surface area (Å²) in [5.41, 5.74) is 0.121. The van der Waals surface area contributed by atoms with Gasteiger partial charge in [0.1, 0.15) is 17.1 Å². The van der Waals surface area contributed by atoms with Crippen molar-refractivity contribution in [3.8, 4) is 17.2 Å². The minimum Gasteiger partial charge on any atom is -0.496 e. The van der Waals surface area contributed by atoms with Crippen LogP contribution in [0.5, 0.6) is 17.2 Å². The van der Waals surface area contributed by atoms with Gasteiger partial charge in [0.15, 0.2) is 17.6 Å². The van der Waals surface area contributed by atoms with E-state index in [0.29, 0.717) is 17.3 Å². The summed E-state index contributed by atoms with van der Waals surface area (Å²) >= 11 is 0. The zero-order valence-corrected chi connectivity index (χ0v) is 15.0. The highest BCUT2D eigenvalue weighted by molar-refractivity contribution is 5.95. The predicted octanol–water partition coefficient (Wildman–Crippen LogP) is 2.17. The maximum Gasteiger partial charge on any atom is 0.342 e. The van der Waals surface area contributed by atoms with Gasteiger partial charge in [0.05, 0.1) is 34.1 Å². The van der Waals surface area contributed by atoms with Crippen LogP contribution < -0.4 is 19.5 Å². The molecule has 26 heavy (non-hydrogen) atoms. The lowest BCUT2D eigenvalue weighted by Crippen LogP contribution is -2.35. The van der Waals surface area contributed by atoms with Crippen LogP contribution in [-0.2, 0) is 16.1 Å². The number of rotatable bonds is 8. The van der Waals surface area contributed by atoms with Crippen LogP contribution in [0.25, 0.3) is 0 Å². The molecule has 0 saturated heterocycles. The fourth-order valence-electron chi connectivity index (χ4n) is 2.20. The molecule has 8 nitrogen and oxygen atoms in total. The zero-order chi connectivity index (χ0) is 19.1. The van der Waals surface area contributed by atoms with Crippen LogP contribution in [0.15, 0.2) is 34.9 Å². The van der Waals surface area contributed by atoms with Gasteiger partial charge in [-0.15, -0.1) is 0 Å². The molecule has 0 aliphatic carbocycles. The lowest BCUT2D eigenvalue weighted by atomic mass is 10.1. The molecule has 0 radical (unpaired) electrons. The van der Waals surface area contributed by atoms with E-state index in [1.807, 2.05) is 0 Å². The van der Waals surface area contributed by atoms with E-state index in [-0.39, 0.29) is 17.9 Å². The van der Waals surface area contributed by atoms with Gasteiger partial charge in [-0.3, -0.25) is 4.79 Å².